The quantitative estimate of drug-likeness (QED) is 0.671. The van der Waals surface area contributed by atoms with Crippen LogP contribution in [0, 0.1) is 5.92 Å². The van der Waals surface area contributed by atoms with Crippen LogP contribution in [-0.2, 0) is 0 Å². The molecule has 3 atom stereocenters. The van der Waals surface area contributed by atoms with E-state index in [0.29, 0.717) is 12.1 Å². The molecule has 0 heterocycles. The number of nitrogens with two attached hydrogens (primary N) is 1. The van der Waals surface area contributed by atoms with Crippen LogP contribution in [0.15, 0.2) is 0 Å². The molecule has 0 aromatic carbocycles. The highest BCUT2D eigenvalue weighted by Gasteiger charge is 2.21. The molecule has 2 heteroatoms. The van der Waals surface area contributed by atoms with E-state index >= 15 is 0 Å². The molecule has 1 aliphatic carbocycles. The Morgan fingerprint density at radius 2 is 2.25 bits per heavy atom. The van der Waals surface area contributed by atoms with Crippen molar-refractivity contribution in [2.45, 2.75) is 51.6 Å². The van der Waals surface area contributed by atoms with Gasteiger partial charge in [-0.2, -0.15) is 0 Å². The maximum atomic E-state index is 5.84. The maximum absolute atomic E-state index is 5.84. The second-order valence-electron chi connectivity index (χ2n) is 4.16. The Morgan fingerprint density at radius 3 is 2.75 bits per heavy atom. The molecule has 1 aliphatic rings. The lowest BCUT2D eigenvalue weighted by Crippen LogP contribution is -2.30. The Morgan fingerprint density at radius 1 is 1.50 bits per heavy atom. The highest BCUT2D eigenvalue weighted by molar-refractivity contribution is 4.79. The SMILES string of the molecule is CCC(C)NC[C@@H]1CC[C@H](N)C1. The minimum Gasteiger partial charge on any atom is -0.328 e. The fourth-order valence-corrected chi connectivity index (χ4v) is 1.81. The Labute approximate surface area is 75.9 Å². The summed E-state index contributed by atoms with van der Waals surface area (Å²) in [5.41, 5.74) is 5.84. The molecule has 12 heavy (non-hydrogen) atoms. The van der Waals surface area contributed by atoms with Gasteiger partial charge < -0.3 is 11.1 Å². The van der Waals surface area contributed by atoms with E-state index in [1.165, 1.54) is 32.2 Å². The van der Waals surface area contributed by atoms with Crippen LogP contribution in [0.3, 0.4) is 0 Å². The zero-order valence-corrected chi connectivity index (χ0v) is 8.34. The topological polar surface area (TPSA) is 38.0 Å². The molecule has 0 aromatic rings. The van der Waals surface area contributed by atoms with E-state index in [4.69, 9.17) is 5.73 Å². The van der Waals surface area contributed by atoms with Gasteiger partial charge in [-0.3, -0.25) is 0 Å². The average Bonchev–Trinajstić information content (AvgIpc) is 2.47. The molecule has 0 spiro atoms. The zero-order valence-electron chi connectivity index (χ0n) is 8.34. The number of rotatable bonds is 4. The summed E-state index contributed by atoms with van der Waals surface area (Å²) < 4.78 is 0. The Balaban J connectivity index is 2.07. The Kier molecular flexibility index (Phi) is 4.02. The summed E-state index contributed by atoms with van der Waals surface area (Å²) in [6.45, 7) is 5.63. The molecule has 1 fully saturated rings. The lowest BCUT2D eigenvalue weighted by molar-refractivity contribution is 0.435. The van der Waals surface area contributed by atoms with Crippen LogP contribution >= 0.6 is 0 Å². The predicted molar refractivity (Wildman–Crippen MR) is 53.1 cm³/mol. The van der Waals surface area contributed by atoms with E-state index in [2.05, 4.69) is 19.2 Å². The van der Waals surface area contributed by atoms with E-state index in [0.717, 1.165) is 5.92 Å². The van der Waals surface area contributed by atoms with Crippen LogP contribution in [0.25, 0.3) is 0 Å². The van der Waals surface area contributed by atoms with Crippen molar-refractivity contribution in [2.24, 2.45) is 11.7 Å². The van der Waals surface area contributed by atoms with E-state index in [1.54, 1.807) is 0 Å². The summed E-state index contributed by atoms with van der Waals surface area (Å²) in [4.78, 5) is 0. The lowest BCUT2D eigenvalue weighted by Gasteiger charge is -2.15. The first kappa shape index (κ1) is 10.0. The van der Waals surface area contributed by atoms with Gasteiger partial charge in [-0.1, -0.05) is 6.92 Å². The van der Waals surface area contributed by atoms with Crippen LogP contribution in [0.5, 0.6) is 0 Å². The molecular weight excluding hydrogens is 148 g/mol. The molecule has 0 bridgehead atoms. The van der Waals surface area contributed by atoms with Crippen LogP contribution in [0.4, 0.5) is 0 Å². The lowest BCUT2D eigenvalue weighted by atomic mass is 10.1. The van der Waals surface area contributed by atoms with Crippen molar-refractivity contribution >= 4 is 0 Å². The third-order valence-electron chi connectivity index (χ3n) is 2.95. The van der Waals surface area contributed by atoms with Gasteiger partial charge in [0, 0.05) is 12.1 Å². The number of hydrogen-bond acceptors (Lipinski definition) is 2. The van der Waals surface area contributed by atoms with Gasteiger partial charge in [-0.05, 0) is 45.1 Å². The third-order valence-corrected chi connectivity index (χ3v) is 2.95. The molecule has 1 unspecified atom stereocenters. The van der Waals surface area contributed by atoms with Gasteiger partial charge in [-0.15, -0.1) is 0 Å². The van der Waals surface area contributed by atoms with Crippen molar-refractivity contribution in [2.75, 3.05) is 6.54 Å². The summed E-state index contributed by atoms with van der Waals surface area (Å²) in [5, 5.41) is 3.54. The summed E-state index contributed by atoms with van der Waals surface area (Å²) in [6, 6.07) is 1.15. The minimum absolute atomic E-state index is 0.480. The Bertz CT molecular complexity index is 125. The van der Waals surface area contributed by atoms with Crippen LogP contribution in [0.2, 0.25) is 0 Å². The monoisotopic (exact) mass is 170 g/mol. The summed E-state index contributed by atoms with van der Waals surface area (Å²) in [6.07, 6.45) is 5.00. The molecule has 0 saturated heterocycles. The molecule has 0 aliphatic heterocycles. The third kappa shape index (κ3) is 3.11. The number of nitrogens with one attached hydrogen (secondary N) is 1. The summed E-state index contributed by atoms with van der Waals surface area (Å²) in [7, 11) is 0. The normalized spacial score (nSPS) is 32.2. The van der Waals surface area contributed by atoms with Crippen molar-refractivity contribution in [1.29, 1.82) is 0 Å². The second kappa shape index (κ2) is 4.83. The van der Waals surface area contributed by atoms with Crippen molar-refractivity contribution in [3.8, 4) is 0 Å². The van der Waals surface area contributed by atoms with Gasteiger partial charge in [-0.25, -0.2) is 0 Å². The smallest absolute Gasteiger partial charge is 0.00420 e. The fourth-order valence-electron chi connectivity index (χ4n) is 1.81. The first-order valence-electron chi connectivity index (χ1n) is 5.21. The van der Waals surface area contributed by atoms with Gasteiger partial charge in [0.05, 0.1) is 0 Å². The molecule has 72 valence electrons. The largest absolute Gasteiger partial charge is 0.328 e. The first-order chi connectivity index (χ1) is 5.72. The van der Waals surface area contributed by atoms with Crippen LogP contribution in [-0.4, -0.2) is 18.6 Å². The van der Waals surface area contributed by atoms with E-state index in [9.17, 15) is 0 Å². The van der Waals surface area contributed by atoms with Crippen molar-refractivity contribution < 1.29 is 0 Å². The summed E-state index contributed by atoms with van der Waals surface area (Å²) in [5.74, 6) is 0.842. The van der Waals surface area contributed by atoms with Crippen molar-refractivity contribution in [3.05, 3.63) is 0 Å². The molecule has 0 aromatic heterocycles. The fraction of sp³-hybridized carbons (Fsp3) is 1.00. The standard InChI is InChI=1S/C10H22N2/c1-3-8(2)12-7-9-4-5-10(11)6-9/h8-10,12H,3-7,11H2,1-2H3/t8?,9-,10+/m1/s1. The molecule has 0 amide bonds. The van der Waals surface area contributed by atoms with Gasteiger partial charge in [0.2, 0.25) is 0 Å². The summed E-state index contributed by atoms with van der Waals surface area (Å²) >= 11 is 0. The van der Waals surface area contributed by atoms with E-state index < -0.39 is 0 Å². The van der Waals surface area contributed by atoms with Crippen molar-refractivity contribution in [3.63, 3.8) is 0 Å². The average molecular weight is 170 g/mol. The Hall–Kier alpha value is -0.0800. The number of hydrogen-bond donors (Lipinski definition) is 2. The van der Waals surface area contributed by atoms with E-state index in [-0.39, 0.29) is 0 Å². The van der Waals surface area contributed by atoms with Gasteiger partial charge in [0.15, 0.2) is 0 Å². The molecule has 1 saturated carbocycles. The van der Waals surface area contributed by atoms with Gasteiger partial charge >= 0.3 is 0 Å². The molecule has 2 nitrogen and oxygen atoms in total. The van der Waals surface area contributed by atoms with Gasteiger partial charge in [0.1, 0.15) is 0 Å². The van der Waals surface area contributed by atoms with Crippen LogP contribution in [0.1, 0.15) is 39.5 Å². The molecule has 0 radical (unpaired) electrons. The molecule has 1 rings (SSSR count). The predicted octanol–water partition coefficient (Wildman–Crippen LogP) is 1.50. The van der Waals surface area contributed by atoms with Crippen LogP contribution < -0.4 is 11.1 Å². The van der Waals surface area contributed by atoms with Gasteiger partial charge in [0.25, 0.3) is 0 Å². The highest BCUT2D eigenvalue weighted by Crippen LogP contribution is 2.23. The molecule has 3 N–H and O–H groups in total. The van der Waals surface area contributed by atoms with E-state index in [1.807, 2.05) is 0 Å². The maximum Gasteiger partial charge on any atom is 0.00420 e. The molecular formula is C10H22N2. The highest BCUT2D eigenvalue weighted by atomic mass is 14.9. The second-order valence-corrected chi connectivity index (χ2v) is 4.16. The zero-order chi connectivity index (χ0) is 8.97. The first-order valence-corrected chi connectivity index (χ1v) is 5.21. The minimum atomic E-state index is 0.480. The van der Waals surface area contributed by atoms with Crippen molar-refractivity contribution in [1.82, 2.24) is 5.32 Å².